The van der Waals surface area contributed by atoms with Gasteiger partial charge in [0.25, 0.3) is 0 Å². The van der Waals surface area contributed by atoms with Crippen LogP contribution in [0, 0.1) is 5.82 Å². The van der Waals surface area contributed by atoms with Crippen molar-refractivity contribution in [3.63, 3.8) is 0 Å². The summed E-state index contributed by atoms with van der Waals surface area (Å²) in [5.41, 5.74) is -0.937. The van der Waals surface area contributed by atoms with E-state index in [1.54, 1.807) is 16.8 Å². The average molecular weight is 467 g/mol. The highest BCUT2D eigenvalue weighted by atomic mass is 32.2. The highest BCUT2D eigenvalue weighted by molar-refractivity contribution is 7.88. The largest absolute Gasteiger partial charge is 0.419 e. The van der Waals surface area contributed by atoms with E-state index in [2.05, 4.69) is 0 Å². The number of carbonyl (C=O) groups is 1. The Morgan fingerprint density at radius 3 is 2.35 bits per heavy atom. The number of piperazine rings is 1. The molecule has 1 aromatic carbocycles. The molecule has 174 valence electrons. The van der Waals surface area contributed by atoms with Crippen molar-refractivity contribution in [3.05, 3.63) is 35.1 Å². The Bertz CT molecular complexity index is 917. The fourth-order valence-corrected chi connectivity index (χ4v) is 4.82. The van der Waals surface area contributed by atoms with Crippen LogP contribution >= 0.6 is 0 Å². The number of urea groups is 1. The number of hydrogen-bond acceptors (Lipinski definition) is 4. The summed E-state index contributed by atoms with van der Waals surface area (Å²) in [7, 11) is -1.51. The smallest absolute Gasteiger partial charge is 0.323 e. The molecule has 2 fully saturated rings. The molecule has 0 bridgehead atoms. The van der Waals surface area contributed by atoms with E-state index in [9.17, 15) is 30.8 Å². The summed E-state index contributed by atoms with van der Waals surface area (Å²) in [6.45, 7) is 2.29. The number of likely N-dealkylation sites (tertiary alicyclic amines) is 1. The molecular weight excluding hydrogens is 440 g/mol. The van der Waals surface area contributed by atoms with E-state index in [-0.39, 0.29) is 31.7 Å². The molecular formula is C19H26F4N4O3S. The Hall–Kier alpha value is -1.92. The van der Waals surface area contributed by atoms with Gasteiger partial charge in [0.2, 0.25) is 10.0 Å². The van der Waals surface area contributed by atoms with Crippen molar-refractivity contribution in [2.45, 2.75) is 25.2 Å². The first-order valence-electron chi connectivity index (χ1n) is 9.91. The van der Waals surface area contributed by atoms with Crippen molar-refractivity contribution < 1.29 is 30.8 Å². The quantitative estimate of drug-likeness (QED) is 0.638. The van der Waals surface area contributed by atoms with Gasteiger partial charge in [0.15, 0.2) is 0 Å². The summed E-state index contributed by atoms with van der Waals surface area (Å²) in [6.07, 6.45) is -2.95. The number of alkyl halides is 3. The molecule has 31 heavy (non-hydrogen) atoms. The highest BCUT2D eigenvalue weighted by Gasteiger charge is 2.36. The lowest BCUT2D eigenvalue weighted by atomic mass is 10.1. The van der Waals surface area contributed by atoms with Crippen molar-refractivity contribution >= 4 is 16.1 Å². The van der Waals surface area contributed by atoms with Crippen molar-refractivity contribution in [2.24, 2.45) is 0 Å². The summed E-state index contributed by atoms with van der Waals surface area (Å²) in [5.74, 6) is -1.30. The Morgan fingerprint density at radius 2 is 1.77 bits per heavy atom. The number of benzene rings is 1. The molecule has 2 aliphatic rings. The molecule has 2 saturated heterocycles. The van der Waals surface area contributed by atoms with Crippen LogP contribution in [0.5, 0.6) is 0 Å². The number of likely N-dealkylation sites (N-methyl/N-ethyl adjacent to an activating group) is 1. The van der Waals surface area contributed by atoms with Crippen LogP contribution in [-0.4, -0.2) is 92.1 Å². The Labute approximate surface area is 179 Å². The number of nitrogens with zero attached hydrogens (tertiary/aromatic N) is 4. The zero-order valence-corrected chi connectivity index (χ0v) is 18.2. The third kappa shape index (κ3) is 5.66. The zero-order valence-electron chi connectivity index (χ0n) is 17.4. The molecule has 0 aliphatic carbocycles. The standard InChI is InChI=1S/C19H26F4N4O3S/c1-24(12-14-3-4-17(20)16(11-14)19(21,22)23)15-5-6-26(13-15)18(28)25-7-9-27(10-8-25)31(2,29)30/h3-4,11,15H,5-10,12-13H2,1-2H3. The molecule has 0 radical (unpaired) electrons. The Kier molecular flexibility index (Phi) is 6.82. The Morgan fingerprint density at radius 1 is 1.13 bits per heavy atom. The lowest BCUT2D eigenvalue weighted by Crippen LogP contribution is -2.53. The van der Waals surface area contributed by atoms with Crippen LogP contribution in [-0.2, 0) is 22.7 Å². The number of halogens is 4. The van der Waals surface area contributed by atoms with E-state index in [1.807, 2.05) is 4.90 Å². The summed E-state index contributed by atoms with van der Waals surface area (Å²) >= 11 is 0. The maximum atomic E-state index is 13.5. The van der Waals surface area contributed by atoms with Crippen molar-refractivity contribution in [2.75, 3.05) is 52.6 Å². The second-order valence-electron chi connectivity index (χ2n) is 8.05. The fraction of sp³-hybridized carbons (Fsp3) is 0.632. The van der Waals surface area contributed by atoms with Gasteiger partial charge in [-0.25, -0.2) is 17.6 Å². The first kappa shape index (κ1) is 23.7. The average Bonchev–Trinajstić information content (AvgIpc) is 3.18. The fourth-order valence-electron chi connectivity index (χ4n) is 3.99. The van der Waals surface area contributed by atoms with Gasteiger partial charge in [0.05, 0.1) is 11.8 Å². The van der Waals surface area contributed by atoms with Crippen LogP contribution < -0.4 is 0 Å². The normalized spacial score (nSPS) is 21.2. The molecule has 0 saturated carbocycles. The van der Waals surface area contributed by atoms with Gasteiger partial charge in [-0.05, 0) is 31.2 Å². The topological polar surface area (TPSA) is 64.2 Å². The van der Waals surface area contributed by atoms with E-state index in [1.165, 1.54) is 10.4 Å². The van der Waals surface area contributed by atoms with E-state index >= 15 is 0 Å². The van der Waals surface area contributed by atoms with Crippen LogP contribution in [0.15, 0.2) is 18.2 Å². The zero-order chi connectivity index (χ0) is 23.0. The number of amides is 2. The molecule has 2 amide bonds. The van der Waals surface area contributed by atoms with Crippen LogP contribution in [0.4, 0.5) is 22.4 Å². The van der Waals surface area contributed by atoms with Gasteiger partial charge in [0, 0.05) is 51.9 Å². The molecule has 1 atom stereocenters. The van der Waals surface area contributed by atoms with Gasteiger partial charge in [-0.3, -0.25) is 4.90 Å². The van der Waals surface area contributed by atoms with Crippen LogP contribution in [0.1, 0.15) is 17.5 Å². The van der Waals surface area contributed by atoms with Gasteiger partial charge in [-0.1, -0.05) is 6.07 Å². The number of rotatable bonds is 4. The van der Waals surface area contributed by atoms with E-state index in [0.29, 0.717) is 38.2 Å². The second-order valence-corrected chi connectivity index (χ2v) is 10.0. The van der Waals surface area contributed by atoms with Crippen molar-refractivity contribution in [1.82, 2.24) is 19.0 Å². The van der Waals surface area contributed by atoms with Gasteiger partial charge in [-0.2, -0.15) is 17.5 Å². The molecule has 0 spiro atoms. The predicted molar refractivity (Wildman–Crippen MR) is 106 cm³/mol. The van der Waals surface area contributed by atoms with Crippen LogP contribution in [0.3, 0.4) is 0 Å². The summed E-state index contributed by atoms with van der Waals surface area (Å²) in [5, 5.41) is 0. The number of sulfonamides is 1. The molecule has 1 unspecified atom stereocenters. The monoisotopic (exact) mass is 466 g/mol. The van der Waals surface area contributed by atoms with Crippen molar-refractivity contribution in [1.29, 1.82) is 0 Å². The van der Waals surface area contributed by atoms with Gasteiger partial charge >= 0.3 is 12.2 Å². The predicted octanol–water partition coefficient (Wildman–Crippen LogP) is 2.05. The van der Waals surface area contributed by atoms with Gasteiger partial charge in [-0.15, -0.1) is 0 Å². The SMILES string of the molecule is CN(Cc1ccc(F)c(C(F)(F)F)c1)C1CCN(C(=O)N2CCN(S(C)(=O)=O)CC2)C1. The van der Waals surface area contributed by atoms with E-state index in [4.69, 9.17) is 0 Å². The third-order valence-corrected chi connectivity index (χ3v) is 7.11. The lowest BCUT2D eigenvalue weighted by Gasteiger charge is -2.35. The molecule has 1 aromatic rings. The molecule has 12 heteroatoms. The summed E-state index contributed by atoms with van der Waals surface area (Å²) in [6, 6.07) is 2.78. The molecule has 2 heterocycles. The minimum absolute atomic E-state index is 0.0411. The van der Waals surface area contributed by atoms with E-state index < -0.39 is 27.6 Å². The Balaban J connectivity index is 1.55. The second kappa shape index (κ2) is 8.91. The molecule has 2 aliphatic heterocycles. The minimum atomic E-state index is -4.75. The third-order valence-electron chi connectivity index (χ3n) is 5.80. The lowest BCUT2D eigenvalue weighted by molar-refractivity contribution is -0.140. The van der Waals surface area contributed by atoms with Crippen LogP contribution in [0.25, 0.3) is 0 Å². The van der Waals surface area contributed by atoms with Gasteiger partial charge < -0.3 is 9.80 Å². The molecule has 3 rings (SSSR count). The van der Waals surface area contributed by atoms with Crippen molar-refractivity contribution in [3.8, 4) is 0 Å². The van der Waals surface area contributed by atoms with Crippen LogP contribution in [0.2, 0.25) is 0 Å². The van der Waals surface area contributed by atoms with E-state index in [0.717, 1.165) is 18.4 Å². The molecule has 0 aromatic heterocycles. The maximum Gasteiger partial charge on any atom is 0.419 e. The summed E-state index contributed by atoms with van der Waals surface area (Å²) in [4.78, 5) is 17.9. The number of carbonyl (C=O) groups excluding carboxylic acids is 1. The first-order chi connectivity index (χ1) is 14.4. The summed E-state index contributed by atoms with van der Waals surface area (Å²) < 4.78 is 76.8. The molecule has 7 nitrogen and oxygen atoms in total. The van der Waals surface area contributed by atoms with Gasteiger partial charge in [0.1, 0.15) is 5.82 Å². The first-order valence-corrected chi connectivity index (χ1v) is 11.8. The minimum Gasteiger partial charge on any atom is -0.323 e. The number of hydrogen-bond donors (Lipinski definition) is 0. The molecule has 0 N–H and O–H groups in total. The maximum absolute atomic E-state index is 13.5. The highest BCUT2D eigenvalue weighted by Crippen LogP contribution is 2.32.